The Kier molecular flexibility index (Phi) is 15.2. The van der Waals surface area contributed by atoms with E-state index in [4.69, 9.17) is 43.9 Å². The third-order valence-electron chi connectivity index (χ3n) is 4.07. The van der Waals surface area contributed by atoms with Crippen LogP contribution >= 0.6 is 23.2 Å². The van der Waals surface area contributed by atoms with Gasteiger partial charge in [0.15, 0.2) is 9.84 Å². The maximum Gasteiger partial charge on any atom is 0.409 e. The molecule has 0 saturated carbocycles. The van der Waals surface area contributed by atoms with Crippen LogP contribution in [0.5, 0.6) is 0 Å². The number of carboxylic acid groups (broad SMARTS) is 2. The summed E-state index contributed by atoms with van der Waals surface area (Å²) in [6.45, 7) is -1.14. The molecule has 17 heteroatoms. The molecule has 0 aromatic heterocycles. The van der Waals surface area contributed by atoms with E-state index in [2.05, 4.69) is 5.32 Å². The summed E-state index contributed by atoms with van der Waals surface area (Å²) < 4.78 is 29.8. The van der Waals surface area contributed by atoms with E-state index in [0.29, 0.717) is 0 Å². The molecule has 0 aromatic rings. The molecule has 0 heterocycles. The second-order valence-electron chi connectivity index (χ2n) is 6.81. The summed E-state index contributed by atoms with van der Waals surface area (Å²) in [5.74, 6) is -6.13. The molecule has 0 aliphatic heterocycles. The lowest BCUT2D eigenvalue weighted by molar-refractivity contribution is -0.139. The molecular weight excluding hydrogens is 523 g/mol. The number of aliphatic carboxylic acids is 2. The lowest BCUT2D eigenvalue weighted by Crippen LogP contribution is -2.51. The fourth-order valence-electron chi connectivity index (χ4n) is 2.33. The minimum Gasteiger partial charge on any atom is -0.480 e. The molecule has 0 radical (unpaired) electrons. The molecule has 0 spiro atoms. The van der Waals surface area contributed by atoms with Crippen LogP contribution in [0.1, 0.15) is 12.8 Å². The molecule has 2 atom stereocenters. The van der Waals surface area contributed by atoms with Crippen molar-refractivity contribution in [2.24, 2.45) is 5.73 Å². The lowest BCUT2D eigenvalue weighted by atomic mass is 10.1. The highest BCUT2D eigenvalue weighted by Gasteiger charge is 2.28. The number of carboxylic acids is 2. The Hall–Kier alpha value is -2.36. The molecule has 14 nitrogen and oxygen atoms in total. The topological polar surface area (TPSA) is 222 Å². The Morgan fingerprint density at radius 1 is 1.06 bits per heavy atom. The third-order valence-corrected chi connectivity index (χ3v) is 6.04. The summed E-state index contributed by atoms with van der Waals surface area (Å²) in [6, 6.07) is -3.03. The first-order valence-electron chi connectivity index (χ1n) is 9.84. The zero-order chi connectivity index (χ0) is 26.3. The second-order valence-corrected chi connectivity index (χ2v) is 9.79. The van der Waals surface area contributed by atoms with Crippen molar-refractivity contribution >= 4 is 62.9 Å². The monoisotopic (exact) mass is 550 g/mol. The van der Waals surface area contributed by atoms with Gasteiger partial charge in [0.25, 0.3) is 0 Å². The van der Waals surface area contributed by atoms with Gasteiger partial charge in [-0.25, -0.2) is 13.2 Å². The van der Waals surface area contributed by atoms with Gasteiger partial charge in [-0.05, 0) is 6.42 Å². The zero-order valence-corrected chi connectivity index (χ0v) is 20.4. The molecule has 0 saturated heterocycles. The van der Waals surface area contributed by atoms with Crippen LogP contribution in [0.2, 0.25) is 0 Å². The first-order chi connectivity index (χ1) is 15.8. The summed E-state index contributed by atoms with van der Waals surface area (Å²) in [7, 11) is -4.09. The van der Waals surface area contributed by atoms with Gasteiger partial charge >= 0.3 is 18.0 Å². The van der Waals surface area contributed by atoms with Crippen molar-refractivity contribution in [3.63, 3.8) is 0 Å². The normalized spacial score (nSPS) is 12.8. The Morgan fingerprint density at radius 2 is 1.65 bits per heavy atom. The van der Waals surface area contributed by atoms with Gasteiger partial charge in [-0.15, -0.1) is 23.2 Å². The van der Waals surface area contributed by atoms with Crippen LogP contribution in [-0.4, -0.2) is 115 Å². The molecule has 196 valence electrons. The van der Waals surface area contributed by atoms with Gasteiger partial charge in [-0.2, -0.15) is 0 Å². The van der Waals surface area contributed by atoms with Crippen molar-refractivity contribution in [3.05, 3.63) is 0 Å². The van der Waals surface area contributed by atoms with E-state index in [1.165, 1.54) is 4.90 Å². The number of carbonyl (C=O) groups excluding carboxylic acids is 3. The van der Waals surface area contributed by atoms with Crippen LogP contribution in [0, 0.1) is 0 Å². The largest absolute Gasteiger partial charge is 0.480 e. The molecule has 0 bridgehead atoms. The average Bonchev–Trinajstić information content (AvgIpc) is 2.74. The van der Waals surface area contributed by atoms with Gasteiger partial charge in [0.05, 0.1) is 11.5 Å². The number of rotatable bonds is 17. The van der Waals surface area contributed by atoms with Gasteiger partial charge in [0, 0.05) is 31.3 Å². The fourth-order valence-corrected chi connectivity index (χ4v) is 3.98. The van der Waals surface area contributed by atoms with E-state index in [0.717, 1.165) is 0 Å². The summed E-state index contributed by atoms with van der Waals surface area (Å²) in [5, 5.41) is 21.5. The van der Waals surface area contributed by atoms with Crippen LogP contribution in [-0.2, 0) is 33.8 Å². The quantitative estimate of drug-likeness (QED) is 0.127. The molecular formula is C17H28Cl2N4O10S. The van der Waals surface area contributed by atoms with Crippen molar-refractivity contribution in [2.75, 3.05) is 49.5 Å². The summed E-state index contributed by atoms with van der Waals surface area (Å²) in [5.41, 5.74) is 5.30. The number of hydrogen-bond donors (Lipinski definition) is 5. The molecule has 0 aliphatic carbocycles. The molecule has 0 fully saturated rings. The van der Waals surface area contributed by atoms with Gasteiger partial charge in [0.1, 0.15) is 25.2 Å². The van der Waals surface area contributed by atoms with E-state index >= 15 is 0 Å². The number of halogens is 2. The average molecular weight is 551 g/mol. The van der Waals surface area contributed by atoms with Crippen molar-refractivity contribution in [2.45, 2.75) is 24.9 Å². The summed E-state index contributed by atoms with van der Waals surface area (Å²) in [6.07, 6.45) is -1.55. The second kappa shape index (κ2) is 16.3. The maximum atomic E-state index is 12.4. The molecule has 0 aliphatic rings. The lowest BCUT2D eigenvalue weighted by Gasteiger charge is -2.20. The SMILES string of the molecule is NC(CCC(=O)NC(CS(=O)(=O)CCOC(=O)N(CCCl)CCCl)C(=O)NCC(=O)O)C(=O)O. The van der Waals surface area contributed by atoms with Crippen molar-refractivity contribution in [3.8, 4) is 0 Å². The van der Waals surface area contributed by atoms with E-state index in [1.54, 1.807) is 0 Å². The number of amides is 3. The van der Waals surface area contributed by atoms with Crippen LogP contribution in [0.4, 0.5) is 4.79 Å². The molecule has 6 N–H and O–H groups in total. The van der Waals surface area contributed by atoms with Gasteiger partial charge in [-0.1, -0.05) is 0 Å². The standard InChI is InChI=1S/C17H28Cl2N4O10S/c18-3-5-23(6-4-19)17(30)33-7-8-34(31,32)10-12(15(27)21-9-14(25)26)22-13(24)2-1-11(20)16(28)29/h11-12H,1-10,20H2,(H,21,27)(H,22,24)(H,25,26)(H,28,29). The maximum absolute atomic E-state index is 12.4. The fraction of sp³-hybridized carbons (Fsp3) is 0.706. The van der Waals surface area contributed by atoms with Crippen molar-refractivity contribution < 1.29 is 47.3 Å². The van der Waals surface area contributed by atoms with E-state index in [1.807, 2.05) is 5.32 Å². The van der Waals surface area contributed by atoms with E-state index < -0.39 is 82.8 Å². The Balaban J connectivity index is 5.09. The molecule has 3 amide bonds. The number of nitrogens with one attached hydrogen (secondary N) is 2. The first kappa shape index (κ1) is 31.6. The van der Waals surface area contributed by atoms with Crippen LogP contribution in [0.25, 0.3) is 0 Å². The number of alkyl halides is 2. The highest BCUT2D eigenvalue weighted by Crippen LogP contribution is 2.02. The number of ether oxygens (including phenoxy) is 1. The minimum atomic E-state index is -4.09. The first-order valence-corrected chi connectivity index (χ1v) is 12.7. The molecule has 0 rings (SSSR count). The van der Waals surface area contributed by atoms with E-state index in [-0.39, 0.29) is 31.3 Å². The highest BCUT2D eigenvalue weighted by molar-refractivity contribution is 7.91. The minimum absolute atomic E-state index is 0.106. The predicted molar refractivity (Wildman–Crippen MR) is 120 cm³/mol. The summed E-state index contributed by atoms with van der Waals surface area (Å²) in [4.78, 5) is 58.8. The number of sulfone groups is 1. The Bertz CT molecular complexity index is 821. The van der Waals surface area contributed by atoms with Crippen LogP contribution in [0.15, 0.2) is 0 Å². The molecule has 0 aromatic carbocycles. The summed E-state index contributed by atoms with van der Waals surface area (Å²) >= 11 is 11.2. The predicted octanol–water partition coefficient (Wildman–Crippen LogP) is -1.80. The van der Waals surface area contributed by atoms with Crippen LogP contribution in [0.3, 0.4) is 0 Å². The van der Waals surface area contributed by atoms with Gasteiger partial charge < -0.3 is 36.2 Å². The Labute approximate surface area is 206 Å². The van der Waals surface area contributed by atoms with Gasteiger partial charge in [0.2, 0.25) is 11.8 Å². The van der Waals surface area contributed by atoms with Gasteiger partial charge in [-0.3, -0.25) is 19.2 Å². The van der Waals surface area contributed by atoms with Crippen molar-refractivity contribution in [1.82, 2.24) is 15.5 Å². The Morgan fingerprint density at radius 3 is 2.15 bits per heavy atom. The zero-order valence-electron chi connectivity index (χ0n) is 18.1. The number of hydrogen-bond acceptors (Lipinski definition) is 9. The molecule has 34 heavy (non-hydrogen) atoms. The van der Waals surface area contributed by atoms with Crippen LogP contribution < -0.4 is 16.4 Å². The number of nitrogens with zero attached hydrogens (tertiary/aromatic N) is 1. The van der Waals surface area contributed by atoms with E-state index in [9.17, 15) is 32.4 Å². The number of nitrogens with two attached hydrogens (primary N) is 1. The highest BCUT2D eigenvalue weighted by atomic mass is 35.5. The smallest absolute Gasteiger partial charge is 0.409 e. The molecule has 2 unspecified atom stereocenters. The van der Waals surface area contributed by atoms with Crippen molar-refractivity contribution in [1.29, 1.82) is 0 Å². The number of carbonyl (C=O) groups is 5. The third kappa shape index (κ3) is 14.0.